The third-order valence-electron chi connectivity index (χ3n) is 3.33. The summed E-state index contributed by atoms with van der Waals surface area (Å²) >= 11 is 0. The lowest BCUT2D eigenvalue weighted by Gasteiger charge is -2.25. The van der Waals surface area contributed by atoms with Gasteiger partial charge in [-0.1, -0.05) is 13.8 Å². The zero-order valence-electron chi connectivity index (χ0n) is 12.7. The molecule has 0 aromatic carbocycles. The highest BCUT2D eigenvalue weighted by molar-refractivity contribution is 7.89. The van der Waals surface area contributed by atoms with Gasteiger partial charge < -0.3 is 10.1 Å². The molecule has 0 bridgehead atoms. The van der Waals surface area contributed by atoms with Crippen LogP contribution in [0.5, 0.6) is 0 Å². The Balaban J connectivity index is 1.92. The van der Waals surface area contributed by atoms with E-state index < -0.39 is 10.0 Å². The van der Waals surface area contributed by atoms with Gasteiger partial charge in [0.05, 0.1) is 19.4 Å². The lowest BCUT2D eigenvalue weighted by Crippen LogP contribution is -2.40. The minimum Gasteiger partial charge on any atom is -0.379 e. The van der Waals surface area contributed by atoms with Crippen molar-refractivity contribution in [2.45, 2.75) is 37.8 Å². The van der Waals surface area contributed by atoms with Gasteiger partial charge in [-0.15, -0.1) is 0 Å². The van der Waals surface area contributed by atoms with Gasteiger partial charge in [-0.05, 0) is 13.0 Å². The van der Waals surface area contributed by atoms with Crippen LogP contribution in [0.25, 0.3) is 0 Å². The molecule has 21 heavy (non-hydrogen) atoms. The van der Waals surface area contributed by atoms with Crippen molar-refractivity contribution in [1.82, 2.24) is 19.4 Å². The Morgan fingerprint density at radius 2 is 2.10 bits per heavy atom. The largest absolute Gasteiger partial charge is 0.379 e. The predicted octanol–water partition coefficient (Wildman–Crippen LogP) is 0.292. The molecule has 0 aliphatic carbocycles. The van der Waals surface area contributed by atoms with Crippen molar-refractivity contribution in [1.29, 1.82) is 0 Å². The summed E-state index contributed by atoms with van der Waals surface area (Å²) in [5.74, 6) is 0. The fourth-order valence-corrected chi connectivity index (χ4v) is 3.53. The van der Waals surface area contributed by atoms with Crippen molar-refractivity contribution in [3.63, 3.8) is 0 Å². The molecule has 0 saturated carbocycles. The first kappa shape index (κ1) is 16.4. The number of aromatic nitrogens is 2. The third kappa shape index (κ3) is 4.50. The van der Waals surface area contributed by atoms with E-state index in [1.807, 2.05) is 0 Å². The van der Waals surface area contributed by atoms with Crippen LogP contribution in [0.1, 0.15) is 20.3 Å². The Bertz CT molecular complexity index is 535. The molecular formula is C13H24N4O3S. The fourth-order valence-electron chi connectivity index (χ4n) is 2.17. The highest BCUT2D eigenvalue weighted by atomic mass is 32.2. The average Bonchev–Trinajstić information content (AvgIpc) is 2.94. The van der Waals surface area contributed by atoms with Gasteiger partial charge in [-0.3, -0.25) is 4.68 Å². The molecule has 8 heteroatoms. The van der Waals surface area contributed by atoms with Gasteiger partial charge in [0.1, 0.15) is 4.90 Å². The molecule has 1 N–H and O–H groups in total. The Labute approximate surface area is 126 Å². The van der Waals surface area contributed by atoms with Crippen LogP contribution in [-0.4, -0.2) is 61.4 Å². The van der Waals surface area contributed by atoms with Gasteiger partial charge in [0.15, 0.2) is 0 Å². The second kappa shape index (κ2) is 7.35. The van der Waals surface area contributed by atoms with E-state index in [0.717, 1.165) is 13.0 Å². The Morgan fingerprint density at radius 3 is 2.76 bits per heavy atom. The lowest BCUT2D eigenvalue weighted by atomic mass is 10.3. The number of sulfonamides is 1. The van der Waals surface area contributed by atoms with E-state index in [1.165, 1.54) is 10.5 Å². The van der Waals surface area contributed by atoms with Crippen molar-refractivity contribution in [3.8, 4) is 0 Å². The summed E-state index contributed by atoms with van der Waals surface area (Å²) in [6.45, 7) is 7.52. The summed E-state index contributed by atoms with van der Waals surface area (Å²) in [7, 11) is -3.43. The fraction of sp³-hybridized carbons (Fsp3) is 0.769. The van der Waals surface area contributed by atoms with E-state index in [-0.39, 0.29) is 4.90 Å². The molecular weight excluding hydrogens is 292 g/mol. The summed E-state index contributed by atoms with van der Waals surface area (Å²) in [6.07, 6.45) is 3.96. The topological polar surface area (TPSA) is 76.5 Å². The van der Waals surface area contributed by atoms with E-state index in [1.54, 1.807) is 10.9 Å². The molecule has 2 rings (SSSR count). The van der Waals surface area contributed by atoms with E-state index in [4.69, 9.17) is 4.74 Å². The zero-order chi connectivity index (χ0) is 15.3. The minimum atomic E-state index is -3.43. The average molecular weight is 316 g/mol. The third-order valence-corrected chi connectivity index (χ3v) is 5.19. The molecule has 0 unspecified atom stereocenters. The maximum absolute atomic E-state index is 12.4. The van der Waals surface area contributed by atoms with E-state index in [0.29, 0.717) is 38.9 Å². The molecule has 1 saturated heterocycles. The number of rotatable bonds is 7. The number of ether oxygens (including phenoxy) is 1. The highest BCUT2D eigenvalue weighted by Gasteiger charge is 2.27. The van der Waals surface area contributed by atoms with Crippen molar-refractivity contribution in [2.75, 3.05) is 32.8 Å². The van der Waals surface area contributed by atoms with Gasteiger partial charge in [0.25, 0.3) is 0 Å². The van der Waals surface area contributed by atoms with Gasteiger partial charge in [0.2, 0.25) is 10.0 Å². The van der Waals surface area contributed by atoms with Crippen LogP contribution in [-0.2, 0) is 21.3 Å². The molecule has 0 spiro atoms. The Morgan fingerprint density at radius 1 is 1.38 bits per heavy atom. The van der Waals surface area contributed by atoms with Crippen LogP contribution in [0, 0.1) is 0 Å². The summed E-state index contributed by atoms with van der Waals surface area (Å²) in [6, 6.07) is 0.458. The molecule has 0 radical (unpaired) electrons. The molecule has 1 aliphatic heterocycles. The molecule has 1 aromatic rings. The number of hydrogen-bond donors (Lipinski definition) is 1. The molecule has 2 heterocycles. The number of nitrogens with one attached hydrogen (secondary N) is 1. The van der Waals surface area contributed by atoms with Crippen LogP contribution in [0.4, 0.5) is 0 Å². The highest BCUT2D eigenvalue weighted by Crippen LogP contribution is 2.16. The van der Waals surface area contributed by atoms with E-state index >= 15 is 0 Å². The smallest absolute Gasteiger partial charge is 0.246 e. The monoisotopic (exact) mass is 316 g/mol. The van der Waals surface area contributed by atoms with Crippen molar-refractivity contribution < 1.29 is 13.2 Å². The summed E-state index contributed by atoms with van der Waals surface area (Å²) < 4.78 is 33.2. The van der Waals surface area contributed by atoms with Gasteiger partial charge in [-0.25, -0.2) is 8.42 Å². The molecule has 1 aliphatic rings. The second-order valence-electron chi connectivity index (χ2n) is 5.42. The van der Waals surface area contributed by atoms with Crippen LogP contribution in [0.3, 0.4) is 0 Å². The number of aryl methyl sites for hydroxylation is 1. The van der Waals surface area contributed by atoms with E-state index in [9.17, 15) is 8.42 Å². The summed E-state index contributed by atoms with van der Waals surface area (Å²) in [5, 5.41) is 7.47. The molecule has 0 amide bonds. The number of nitrogens with zero attached hydrogens (tertiary/aromatic N) is 3. The Kier molecular flexibility index (Phi) is 5.74. The quantitative estimate of drug-likeness (QED) is 0.732. The summed E-state index contributed by atoms with van der Waals surface area (Å²) in [5.41, 5.74) is 0. The normalized spacial score (nSPS) is 17.5. The lowest BCUT2D eigenvalue weighted by molar-refractivity contribution is 0.0730. The van der Waals surface area contributed by atoms with Crippen LogP contribution >= 0.6 is 0 Å². The SMILES string of the molecule is CC(C)NCCCn1cc(S(=O)(=O)N2CCOCC2)cn1. The first-order valence-electron chi connectivity index (χ1n) is 7.34. The second-order valence-corrected chi connectivity index (χ2v) is 7.36. The zero-order valence-corrected chi connectivity index (χ0v) is 13.5. The molecule has 1 aromatic heterocycles. The molecule has 1 fully saturated rings. The van der Waals surface area contributed by atoms with Crippen molar-refractivity contribution in [3.05, 3.63) is 12.4 Å². The predicted molar refractivity (Wildman–Crippen MR) is 79.6 cm³/mol. The van der Waals surface area contributed by atoms with Gasteiger partial charge >= 0.3 is 0 Å². The van der Waals surface area contributed by atoms with Gasteiger partial charge in [0, 0.05) is 31.9 Å². The van der Waals surface area contributed by atoms with Gasteiger partial charge in [-0.2, -0.15) is 9.40 Å². The first-order chi connectivity index (χ1) is 10.00. The van der Waals surface area contributed by atoms with Crippen LogP contribution in [0.15, 0.2) is 17.3 Å². The Hall–Kier alpha value is -0.960. The first-order valence-corrected chi connectivity index (χ1v) is 8.78. The molecule has 0 atom stereocenters. The molecule has 120 valence electrons. The maximum Gasteiger partial charge on any atom is 0.246 e. The number of hydrogen-bond acceptors (Lipinski definition) is 5. The molecule has 7 nitrogen and oxygen atoms in total. The number of morpholine rings is 1. The summed E-state index contributed by atoms with van der Waals surface area (Å²) in [4.78, 5) is 0.265. The van der Waals surface area contributed by atoms with Crippen LogP contribution in [0.2, 0.25) is 0 Å². The standard InChI is InChI=1S/C13H24N4O3S/c1-12(2)14-4-3-5-16-11-13(10-15-16)21(18,19)17-6-8-20-9-7-17/h10-12,14H,3-9H2,1-2H3. The van der Waals surface area contributed by atoms with E-state index in [2.05, 4.69) is 24.3 Å². The van der Waals surface area contributed by atoms with Crippen molar-refractivity contribution >= 4 is 10.0 Å². The van der Waals surface area contributed by atoms with Crippen LogP contribution < -0.4 is 5.32 Å². The maximum atomic E-state index is 12.4. The minimum absolute atomic E-state index is 0.265. The van der Waals surface area contributed by atoms with Crippen molar-refractivity contribution in [2.24, 2.45) is 0 Å².